The molecule has 34 heavy (non-hydrogen) atoms. The highest BCUT2D eigenvalue weighted by Gasteiger charge is 2.46. The first-order valence-electron chi connectivity index (χ1n) is 13.5. The molecule has 1 aromatic heterocycles. The van der Waals surface area contributed by atoms with Crippen LogP contribution in [0.4, 0.5) is 0 Å². The summed E-state index contributed by atoms with van der Waals surface area (Å²) in [5.74, 6) is 1.48. The number of aromatic carboxylic acids is 1. The summed E-state index contributed by atoms with van der Waals surface area (Å²) in [6.45, 7) is 2.35. The third kappa shape index (κ3) is 3.78. The lowest BCUT2D eigenvalue weighted by Crippen LogP contribution is -2.59. The van der Waals surface area contributed by atoms with Crippen LogP contribution in [0.15, 0.2) is 29.1 Å². The van der Waals surface area contributed by atoms with Gasteiger partial charge in [-0.2, -0.15) is 0 Å². The number of carboxylic acids is 1. The minimum Gasteiger partial charge on any atom is -0.475 e. The summed E-state index contributed by atoms with van der Waals surface area (Å²) < 4.78 is 1.54. The van der Waals surface area contributed by atoms with Gasteiger partial charge in [0.15, 0.2) is 0 Å². The lowest BCUT2D eigenvalue weighted by molar-refractivity contribution is -0.0542. The van der Waals surface area contributed by atoms with Crippen LogP contribution in [-0.2, 0) is 0 Å². The molecular formula is C28H37N3O3. The fraction of sp³-hybridized carbons (Fsp3) is 0.679. The molecule has 0 amide bonds. The van der Waals surface area contributed by atoms with Gasteiger partial charge in [-0.3, -0.25) is 14.3 Å². The van der Waals surface area contributed by atoms with Crippen molar-refractivity contribution in [2.45, 2.75) is 102 Å². The van der Waals surface area contributed by atoms with Crippen LogP contribution in [0.1, 0.15) is 94.2 Å². The number of benzene rings is 1. The molecule has 6 rings (SSSR count). The molecule has 4 bridgehead atoms. The number of carbonyl (C=O) groups is 1. The molecule has 0 spiro atoms. The number of fused-ring (bicyclic) bond motifs is 5. The Morgan fingerprint density at radius 3 is 2.26 bits per heavy atom. The van der Waals surface area contributed by atoms with E-state index in [1.807, 2.05) is 6.07 Å². The van der Waals surface area contributed by atoms with E-state index in [0.29, 0.717) is 29.0 Å². The number of para-hydroxylation sites is 1. The summed E-state index contributed by atoms with van der Waals surface area (Å²) >= 11 is 0. The maximum Gasteiger partial charge on any atom is 0.372 e. The van der Waals surface area contributed by atoms with Gasteiger partial charge in [0, 0.05) is 24.2 Å². The Morgan fingerprint density at radius 2 is 1.62 bits per heavy atom. The monoisotopic (exact) mass is 463 g/mol. The molecule has 1 N–H and O–H groups in total. The van der Waals surface area contributed by atoms with Crippen LogP contribution < -0.4 is 5.56 Å². The van der Waals surface area contributed by atoms with Crippen LogP contribution in [0, 0.1) is 17.8 Å². The van der Waals surface area contributed by atoms with Gasteiger partial charge in [-0.1, -0.05) is 31.9 Å². The number of hydrogen-bond donors (Lipinski definition) is 1. The highest BCUT2D eigenvalue weighted by molar-refractivity contribution is 5.87. The first-order chi connectivity index (χ1) is 16.5. The minimum atomic E-state index is -1.11. The highest BCUT2D eigenvalue weighted by Crippen LogP contribution is 2.49. The molecule has 6 heteroatoms. The van der Waals surface area contributed by atoms with Gasteiger partial charge in [-0.25, -0.2) is 9.78 Å². The van der Waals surface area contributed by atoms with Gasteiger partial charge in [0.25, 0.3) is 5.56 Å². The molecule has 2 saturated heterocycles. The molecule has 182 valence electrons. The van der Waals surface area contributed by atoms with Gasteiger partial charge in [0.2, 0.25) is 5.82 Å². The predicted molar refractivity (Wildman–Crippen MR) is 132 cm³/mol. The van der Waals surface area contributed by atoms with Crippen molar-refractivity contribution < 1.29 is 9.90 Å². The van der Waals surface area contributed by atoms with Crippen LogP contribution in [0.5, 0.6) is 0 Å². The minimum absolute atomic E-state index is 0.0881. The van der Waals surface area contributed by atoms with E-state index in [9.17, 15) is 14.7 Å². The van der Waals surface area contributed by atoms with Gasteiger partial charge < -0.3 is 5.11 Å². The van der Waals surface area contributed by atoms with Gasteiger partial charge >= 0.3 is 5.97 Å². The second-order valence-electron chi connectivity index (χ2n) is 11.6. The fourth-order valence-electron chi connectivity index (χ4n) is 8.36. The number of carboxylic acid groups (broad SMARTS) is 1. The van der Waals surface area contributed by atoms with Crippen LogP contribution in [-0.4, -0.2) is 43.7 Å². The molecular weight excluding hydrogens is 426 g/mol. The van der Waals surface area contributed by atoms with Crippen molar-refractivity contribution in [3.05, 3.63) is 40.4 Å². The van der Waals surface area contributed by atoms with Crippen molar-refractivity contribution in [3.63, 3.8) is 0 Å². The maximum absolute atomic E-state index is 13.5. The summed E-state index contributed by atoms with van der Waals surface area (Å²) in [6, 6.07) is 8.61. The van der Waals surface area contributed by atoms with Crippen molar-refractivity contribution in [3.8, 4) is 0 Å². The molecule has 0 radical (unpaired) electrons. The number of aromatic nitrogens is 2. The third-order valence-corrected chi connectivity index (χ3v) is 9.58. The van der Waals surface area contributed by atoms with E-state index in [1.165, 1.54) is 49.5 Å². The largest absolute Gasteiger partial charge is 0.475 e. The second-order valence-corrected chi connectivity index (χ2v) is 11.6. The summed E-state index contributed by atoms with van der Waals surface area (Å²) in [6.07, 6.45) is 13.5. The Balaban J connectivity index is 1.30. The Hall–Kier alpha value is -2.21. The predicted octanol–water partition coefficient (Wildman–Crippen LogP) is 5.26. The van der Waals surface area contributed by atoms with Crippen molar-refractivity contribution >= 4 is 16.9 Å². The van der Waals surface area contributed by atoms with Gasteiger partial charge in [-0.15, -0.1) is 0 Å². The Labute approximate surface area is 201 Å². The summed E-state index contributed by atoms with van der Waals surface area (Å²) in [7, 11) is 0. The van der Waals surface area contributed by atoms with Crippen LogP contribution in [0.2, 0.25) is 0 Å². The average molecular weight is 464 g/mol. The van der Waals surface area contributed by atoms with E-state index in [4.69, 9.17) is 0 Å². The van der Waals surface area contributed by atoms with Crippen LogP contribution in [0.3, 0.4) is 0 Å². The van der Waals surface area contributed by atoms with Crippen molar-refractivity contribution in [1.29, 1.82) is 0 Å². The lowest BCUT2D eigenvalue weighted by atomic mass is 9.64. The smallest absolute Gasteiger partial charge is 0.372 e. The zero-order valence-electron chi connectivity index (χ0n) is 20.2. The molecule has 2 aliphatic heterocycles. The molecule has 2 aromatic rings. The summed E-state index contributed by atoms with van der Waals surface area (Å²) in [5, 5.41) is 10.5. The van der Waals surface area contributed by atoms with Crippen LogP contribution in [0.25, 0.3) is 10.9 Å². The molecule has 3 heterocycles. The van der Waals surface area contributed by atoms with Gasteiger partial charge in [-0.05, 0) is 87.7 Å². The summed E-state index contributed by atoms with van der Waals surface area (Å²) in [5.41, 5.74) is 0.273. The molecule has 1 aromatic carbocycles. The standard InChI is InChI=1S/C28H37N3O3/c1-2-17-10-18-12-19(11-17)14-22(13-18)30-20-6-5-7-21(30)16-23(15-20)31-26(28(33)34)29-25-9-4-3-8-24(25)27(31)32/h3-4,8-9,17-23H,2,5-7,10-16H2,1H3,(H,33,34)/t17?,18-,19-,20+,21+,22?/m1/s1. The van der Waals surface area contributed by atoms with Crippen LogP contribution >= 0.6 is 0 Å². The molecule has 4 aliphatic rings. The molecule has 2 aliphatic carbocycles. The Kier molecular flexibility index (Phi) is 5.75. The lowest BCUT2D eigenvalue weighted by Gasteiger charge is -2.56. The maximum atomic E-state index is 13.5. The number of hydrogen-bond acceptors (Lipinski definition) is 4. The average Bonchev–Trinajstić information content (AvgIpc) is 2.82. The first-order valence-corrected chi connectivity index (χ1v) is 13.5. The molecule has 2 saturated carbocycles. The second kappa shape index (κ2) is 8.78. The zero-order chi connectivity index (χ0) is 23.4. The Morgan fingerprint density at radius 1 is 0.941 bits per heavy atom. The van der Waals surface area contributed by atoms with Crippen molar-refractivity contribution in [2.75, 3.05) is 0 Å². The van der Waals surface area contributed by atoms with E-state index in [1.54, 1.807) is 18.2 Å². The molecule has 0 unspecified atom stereocenters. The normalized spacial score (nSPS) is 35.9. The first kappa shape index (κ1) is 22.3. The zero-order valence-corrected chi connectivity index (χ0v) is 20.2. The number of piperidine rings is 2. The number of nitrogens with zero attached hydrogens (tertiary/aromatic N) is 3. The third-order valence-electron chi connectivity index (χ3n) is 9.58. The molecule has 6 nitrogen and oxygen atoms in total. The molecule has 4 fully saturated rings. The van der Waals surface area contributed by atoms with E-state index in [2.05, 4.69) is 16.8 Å². The van der Waals surface area contributed by atoms with Crippen molar-refractivity contribution in [2.24, 2.45) is 17.8 Å². The topological polar surface area (TPSA) is 75.4 Å². The van der Waals surface area contributed by atoms with E-state index in [-0.39, 0.29) is 17.4 Å². The summed E-state index contributed by atoms with van der Waals surface area (Å²) in [4.78, 5) is 32.9. The van der Waals surface area contributed by atoms with E-state index < -0.39 is 5.97 Å². The highest BCUT2D eigenvalue weighted by atomic mass is 16.4. The van der Waals surface area contributed by atoms with Gasteiger partial charge in [0.05, 0.1) is 10.9 Å². The van der Waals surface area contributed by atoms with E-state index >= 15 is 0 Å². The van der Waals surface area contributed by atoms with Crippen molar-refractivity contribution in [1.82, 2.24) is 14.5 Å². The van der Waals surface area contributed by atoms with Gasteiger partial charge in [0.1, 0.15) is 0 Å². The fourth-order valence-corrected chi connectivity index (χ4v) is 8.36. The number of rotatable bonds is 4. The quantitative estimate of drug-likeness (QED) is 0.670. The molecule has 4 atom stereocenters. The van der Waals surface area contributed by atoms with E-state index in [0.717, 1.165) is 43.4 Å². The Bertz CT molecular complexity index is 1120. The SMILES string of the molecule is CCC1C[C@H]2CC(N3[C@H]4CCC[C@H]3CC(n3c(C(=O)O)nc5ccccc5c3=O)C4)C[C@H](C1)C2.